The normalized spacial score (nSPS) is 16.4. The van der Waals surface area contributed by atoms with Crippen molar-refractivity contribution in [1.82, 2.24) is 15.5 Å². The van der Waals surface area contributed by atoms with Crippen LogP contribution in [0.1, 0.15) is 25.3 Å². The molecular weight excluding hydrogens is 342 g/mol. The van der Waals surface area contributed by atoms with Crippen LogP contribution in [0.3, 0.4) is 0 Å². The summed E-state index contributed by atoms with van der Waals surface area (Å²) in [6.45, 7) is 4.48. The lowest BCUT2D eigenvalue weighted by Crippen LogP contribution is -2.49. The van der Waals surface area contributed by atoms with Crippen molar-refractivity contribution in [3.05, 3.63) is 23.8 Å². The van der Waals surface area contributed by atoms with Crippen LogP contribution in [0, 0.1) is 0 Å². The maximum absolute atomic E-state index is 11.7. The molecule has 1 fully saturated rings. The van der Waals surface area contributed by atoms with Crippen molar-refractivity contribution in [1.29, 1.82) is 0 Å². The molecule has 1 aromatic rings. The van der Waals surface area contributed by atoms with Crippen molar-refractivity contribution in [2.45, 2.75) is 32.4 Å². The third kappa shape index (κ3) is 4.66. The van der Waals surface area contributed by atoms with E-state index in [9.17, 15) is 4.79 Å². The lowest BCUT2D eigenvalue weighted by molar-refractivity contribution is 0.0963. The first-order valence-electron chi connectivity index (χ1n) is 8.50. The molecule has 0 aliphatic carbocycles. The average Bonchev–Trinajstić information content (AvgIpc) is 3.08. The van der Waals surface area contributed by atoms with Crippen LogP contribution in [-0.4, -0.2) is 48.6 Å². The van der Waals surface area contributed by atoms with Crippen molar-refractivity contribution in [2.75, 3.05) is 26.5 Å². The molecule has 8 heteroatoms. The number of rotatable bonds is 4. The van der Waals surface area contributed by atoms with Gasteiger partial charge < -0.3 is 29.7 Å². The number of amides is 1. The Morgan fingerprint density at radius 3 is 2.84 bits per heavy atom. The highest BCUT2D eigenvalue weighted by Crippen LogP contribution is 2.32. The van der Waals surface area contributed by atoms with Crippen LogP contribution in [0.4, 0.5) is 4.79 Å². The number of carbonyl (C=O) groups is 1. The number of piperidine rings is 1. The molecule has 7 nitrogen and oxygen atoms in total. The van der Waals surface area contributed by atoms with E-state index >= 15 is 0 Å². The van der Waals surface area contributed by atoms with Gasteiger partial charge in [0.25, 0.3) is 0 Å². The lowest BCUT2D eigenvalue weighted by atomic mass is 10.1. The van der Waals surface area contributed by atoms with E-state index in [2.05, 4.69) is 10.6 Å². The average molecular weight is 365 g/mol. The molecule has 2 aliphatic rings. The van der Waals surface area contributed by atoms with Gasteiger partial charge in [-0.15, -0.1) is 0 Å². The summed E-state index contributed by atoms with van der Waals surface area (Å²) in [6, 6.07) is 6.11. The molecule has 0 atom stereocenters. The standard InChI is InChI=1S/C17H23N3O4S/c1-2-22-17(21)20-7-5-13(6-8-20)19-16(25)18-10-12-3-4-14-15(9-12)24-11-23-14/h3-4,9,13H,2,5-8,10-11H2,1H3,(H2,18,19,25). The van der Waals surface area contributed by atoms with E-state index in [0.29, 0.717) is 31.4 Å². The van der Waals surface area contributed by atoms with Gasteiger partial charge >= 0.3 is 6.09 Å². The Balaban J connectivity index is 1.39. The quantitative estimate of drug-likeness (QED) is 0.791. The molecule has 2 heterocycles. The number of likely N-dealkylation sites (tertiary alicyclic amines) is 1. The van der Waals surface area contributed by atoms with Gasteiger partial charge in [-0.05, 0) is 49.7 Å². The summed E-state index contributed by atoms with van der Waals surface area (Å²) in [5.41, 5.74) is 1.07. The molecule has 0 bridgehead atoms. The Hall–Kier alpha value is -2.22. The first-order valence-corrected chi connectivity index (χ1v) is 8.91. The van der Waals surface area contributed by atoms with E-state index in [0.717, 1.165) is 29.9 Å². The van der Waals surface area contributed by atoms with Gasteiger partial charge in [0, 0.05) is 25.7 Å². The van der Waals surface area contributed by atoms with E-state index in [4.69, 9.17) is 26.4 Å². The van der Waals surface area contributed by atoms with Crippen LogP contribution in [0.15, 0.2) is 18.2 Å². The van der Waals surface area contributed by atoms with Crippen LogP contribution in [0.5, 0.6) is 11.5 Å². The third-order valence-electron chi connectivity index (χ3n) is 4.25. The number of fused-ring (bicyclic) bond motifs is 1. The molecule has 2 N–H and O–H groups in total. The molecule has 0 radical (unpaired) electrons. The van der Waals surface area contributed by atoms with E-state index in [1.54, 1.807) is 4.90 Å². The molecule has 136 valence electrons. The molecule has 25 heavy (non-hydrogen) atoms. The van der Waals surface area contributed by atoms with Crippen LogP contribution in [0.2, 0.25) is 0 Å². The highest BCUT2D eigenvalue weighted by Gasteiger charge is 2.23. The lowest BCUT2D eigenvalue weighted by Gasteiger charge is -2.32. The molecule has 0 saturated carbocycles. The summed E-state index contributed by atoms with van der Waals surface area (Å²) in [6.07, 6.45) is 1.47. The summed E-state index contributed by atoms with van der Waals surface area (Å²) in [7, 11) is 0. The van der Waals surface area contributed by atoms with E-state index in [1.165, 1.54) is 0 Å². The fourth-order valence-corrected chi connectivity index (χ4v) is 3.13. The zero-order valence-electron chi connectivity index (χ0n) is 14.2. The molecule has 1 aromatic carbocycles. The predicted octanol–water partition coefficient (Wildman–Crippen LogP) is 2.00. The van der Waals surface area contributed by atoms with Crippen molar-refractivity contribution < 1.29 is 19.0 Å². The fourth-order valence-electron chi connectivity index (χ4n) is 2.89. The van der Waals surface area contributed by atoms with Gasteiger partial charge in [0.15, 0.2) is 16.6 Å². The first-order chi connectivity index (χ1) is 12.2. The third-order valence-corrected chi connectivity index (χ3v) is 4.51. The highest BCUT2D eigenvalue weighted by atomic mass is 32.1. The van der Waals surface area contributed by atoms with Crippen LogP contribution >= 0.6 is 12.2 Å². The van der Waals surface area contributed by atoms with Crippen LogP contribution in [-0.2, 0) is 11.3 Å². The number of thiocarbonyl (C=S) groups is 1. The fraction of sp³-hybridized carbons (Fsp3) is 0.529. The summed E-state index contributed by atoms with van der Waals surface area (Å²) in [5.74, 6) is 1.54. The Kier molecular flexibility index (Phi) is 5.80. The number of hydrogen-bond donors (Lipinski definition) is 2. The van der Waals surface area contributed by atoms with Gasteiger partial charge in [-0.3, -0.25) is 0 Å². The molecule has 3 rings (SSSR count). The monoisotopic (exact) mass is 365 g/mol. The second-order valence-corrected chi connectivity index (χ2v) is 6.38. The maximum Gasteiger partial charge on any atom is 0.409 e. The number of nitrogens with zero attached hydrogens (tertiary/aromatic N) is 1. The highest BCUT2D eigenvalue weighted by molar-refractivity contribution is 7.80. The van der Waals surface area contributed by atoms with E-state index in [-0.39, 0.29) is 18.9 Å². The van der Waals surface area contributed by atoms with Crippen LogP contribution in [0.25, 0.3) is 0 Å². The van der Waals surface area contributed by atoms with Gasteiger partial charge in [-0.2, -0.15) is 0 Å². The summed E-state index contributed by atoms with van der Waals surface area (Å²) >= 11 is 5.37. The van der Waals surface area contributed by atoms with Gasteiger partial charge in [-0.25, -0.2) is 4.79 Å². The zero-order chi connectivity index (χ0) is 17.6. The van der Waals surface area contributed by atoms with E-state index in [1.807, 2.05) is 25.1 Å². The number of ether oxygens (including phenoxy) is 3. The number of nitrogens with one attached hydrogen (secondary N) is 2. The van der Waals surface area contributed by atoms with Crippen molar-refractivity contribution in [3.63, 3.8) is 0 Å². The second-order valence-electron chi connectivity index (χ2n) is 5.97. The topological polar surface area (TPSA) is 72.1 Å². The van der Waals surface area contributed by atoms with Gasteiger partial charge in [0.05, 0.1) is 6.61 Å². The Morgan fingerprint density at radius 1 is 1.32 bits per heavy atom. The Labute approximate surface area is 152 Å². The molecule has 0 unspecified atom stereocenters. The molecule has 1 amide bonds. The molecule has 2 aliphatic heterocycles. The summed E-state index contributed by atoms with van der Waals surface area (Å²) in [5, 5.41) is 7.15. The van der Waals surface area contributed by atoms with Gasteiger partial charge in [0.1, 0.15) is 0 Å². The molecule has 0 spiro atoms. The number of hydrogen-bond acceptors (Lipinski definition) is 5. The first kappa shape index (κ1) is 17.6. The SMILES string of the molecule is CCOC(=O)N1CCC(NC(=S)NCc2ccc3c(c2)OCO3)CC1. The predicted molar refractivity (Wildman–Crippen MR) is 96.8 cm³/mol. The number of benzene rings is 1. The van der Waals surface area contributed by atoms with E-state index < -0.39 is 0 Å². The summed E-state index contributed by atoms with van der Waals surface area (Å²) < 4.78 is 15.7. The Morgan fingerprint density at radius 2 is 2.08 bits per heavy atom. The Bertz CT molecular complexity index is 632. The molecular formula is C17H23N3O4S. The minimum absolute atomic E-state index is 0.232. The van der Waals surface area contributed by atoms with Crippen molar-refractivity contribution in [2.24, 2.45) is 0 Å². The maximum atomic E-state index is 11.7. The minimum atomic E-state index is -0.232. The van der Waals surface area contributed by atoms with Crippen LogP contribution < -0.4 is 20.1 Å². The smallest absolute Gasteiger partial charge is 0.409 e. The van der Waals surface area contributed by atoms with Crippen molar-refractivity contribution in [3.8, 4) is 11.5 Å². The minimum Gasteiger partial charge on any atom is -0.454 e. The zero-order valence-corrected chi connectivity index (χ0v) is 15.1. The largest absolute Gasteiger partial charge is 0.454 e. The molecule has 1 saturated heterocycles. The second kappa shape index (κ2) is 8.24. The number of carbonyl (C=O) groups excluding carboxylic acids is 1. The van der Waals surface area contributed by atoms with Gasteiger partial charge in [0.2, 0.25) is 6.79 Å². The van der Waals surface area contributed by atoms with Gasteiger partial charge in [-0.1, -0.05) is 6.07 Å². The molecule has 0 aromatic heterocycles. The van der Waals surface area contributed by atoms with Crippen molar-refractivity contribution >= 4 is 23.4 Å². The summed E-state index contributed by atoms with van der Waals surface area (Å²) in [4.78, 5) is 13.4.